The molecule has 2 fully saturated rings. The SMILES string of the molecule is CS(=O)(=O)N1CCCC(Cn2cc(CNC3CC3)cn2)C1. The summed E-state index contributed by atoms with van der Waals surface area (Å²) in [5, 5.41) is 7.88. The van der Waals surface area contributed by atoms with Gasteiger partial charge in [0.15, 0.2) is 0 Å². The summed E-state index contributed by atoms with van der Waals surface area (Å²) in [6.07, 6.45) is 9.87. The van der Waals surface area contributed by atoms with E-state index in [4.69, 9.17) is 0 Å². The van der Waals surface area contributed by atoms with Gasteiger partial charge in [0.25, 0.3) is 0 Å². The van der Waals surface area contributed by atoms with E-state index in [1.54, 1.807) is 4.31 Å². The molecule has 0 bridgehead atoms. The Balaban J connectivity index is 1.53. The number of piperidine rings is 1. The summed E-state index contributed by atoms with van der Waals surface area (Å²) in [6.45, 7) is 2.96. The van der Waals surface area contributed by atoms with Gasteiger partial charge in [0.1, 0.15) is 0 Å². The minimum absolute atomic E-state index is 0.359. The number of nitrogens with zero attached hydrogens (tertiary/aromatic N) is 3. The summed E-state index contributed by atoms with van der Waals surface area (Å²) in [6, 6.07) is 0.704. The number of nitrogens with one attached hydrogen (secondary N) is 1. The average molecular weight is 312 g/mol. The molecule has 2 aliphatic rings. The van der Waals surface area contributed by atoms with Crippen LogP contribution in [0.2, 0.25) is 0 Å². The fourth-order valence-electron chi connectivity index (χ4n) is 2.89. The topological polar surface area (TPSA) is 67.2 Å². The molecule has 1 aromatic heterocycles. The van der Waals surface area contributed by atoms with Gasteiger partial charge in [-0.3, -0.25) is 4.68 Å². The van der Waals surface area contributed by atoms with E-state index in [0.717, 1.165) is 25.9 Å². The standard InChI is InChI=1S/C14H24N4O2S/c1-21(19,20)18-6-2-3-12(11-18)9-17-10-13(8-16-17)7-15-14-4-5-14/h8,10,12,14-15H,2-7,9,11H2,1H3. The molecule has 6 nitrogen and oxygen atoms in total. The molecule has 1 saturated carbocycles. The third-order valence-electron chi connectivity index (χ3n) is 4.25. The van der Waals surface area contributed by atoms with Crippen LogP contribution in [0, 0.1) is 5.92 Å². The van der Waals surface area contributed by atoms with Crippen molar-refractivity contribution in [2.24, 2.45) is 5.92 Å². The van der Waals surface area contributed by atoms with E-state index < -0.39 is 10.0 Å². The summed E-state index contributed by atoms with van der Waals surface area (Å²) in [5.74, 6) is 0.359. The van der Waals surface area contributed by atoms with Crippen LogP contribution in [0.25, 0.3) is 0 Å². The molecule has 2 heterocycles. The van der Waals surface area contributed by atoms with Crippen LogP contribution in [0.15, 0.2) is 12.4 Å². The highest BCUT2D eigenvalue weighted by Crippen LogP contribution is 2.21. The first-order chi connectivity index (χ1) is 10.0. The van der Waals surface area contributed by atoms with Gasteiger partial charge in [0.05, 0.1) is 12.5 Å². The van der Waals surface area contributed by atoms with Crippen LogP contribution in [-0.4, -0.2) is 47.9 Å². The summed E-state index contributed by atoms with van der Waals surface area (Å²) in [4.78, 5) is 0. The van der Waals surface area contributed by atoms with Crippen molar-refractivity contribution in [2.45, 2.75) is 44.8 Å². The van der Waals surface area contributed by atoms with Gasteiger partial charge < -0.3 is 5.32 Å². The lowest BCUT2D eigenvalue weighted by atomic mass is 10.00. The molecule has 21 heavy (non-hydrogen) atoms. The molecule has 1 N–H and O–H groups in total. The van der Waals surface area contributed by atoms with E-state index in [1.165, 1.54) is 24.7 Å². The van der Waals surface area contributed by atoms with E-state index in [9.17, 15) is 8.42 Å². The second-order valence-corrected chi connectivity index (χ2v) is 8.34. The predicted octanol–water partition coefficient (Wildman–Crippen LogP) is 0.807. The fraction of sp³-hybridized carbons (Fsp3) is 0.786. The van der Waals surface area contributed by atoms with Crippen LogP contribution in [0.5, 0.6) is 0 Å². The molecule has 7 heteroatoms. The first-order valence-corrected chi connectivity index (χ1v) is 9.55. The lowest BCUT2D eigenvalue weighted by Crippen LogP contribution is -2.40. The minimum Gasteiger partial charge on any atom is -0.310 e. The summed E-state index contributed by atoms with van der Waals surface area (Å²) < 4.78 is 26.8. The Hall–Kier alpha value is -0.920. The Morgan fingerprint density at radius 1 is 1.38 bits per heavy atom. The zero-order valence-electron chi connectivity index (χ0n) is 12.5. The van der Waals surface area contributed by atoms with Gasteiger partial charge >= 0.3 is 0 Å². The van der Waals surface area contributed by atoms with Crippen molar-refractivity contribution in [3.8, 4) is 0 Å². The maximum Gasteiger partial charge on any atom is 0.211 e. The molecule has 1 aliphatic heterocycles. The van der Waals surface area contributed by atoms with Crippen LogP contribution < -0.4 is 5.32 Å². The normalized spacial score (nSPS) is 24.3. The van der Waals surface area contributed by atoms with Gasteiger partial charge in [-0.2, -0.15) is 5.10 Å². The second kappa shape index (κ2) is 6.06. The highest BCUT2D eigenvalue weighted by molar-refractivity contribution is 7.88. The van der Waals surface area contributed by atoms with Crippen molar-refractivity contribution in [1.29, 1.82) is 0 Å². The number of hydrogen-bond donors (Lipinski definition) is 1. The van der Waals surface area contributed by atoms with E-state index in [1.807, 2.05) is 10.9 Å². The van der Waals surface area contributed by atoms with Gasteiger partial charge in [0.2, 0.25) is 10.0 Å². The lowest BCUT2D eigenvalue weighted by molar-refractivity contribution is 0.240. The summed E-state index contributed by atoms with van der Waals surface area (Å²) in [7, 11) is -3.06. The molecule has 0 aromatic carbocycles. The van der Waals surface area contributed by atoms with Crippen LogP contribution in [0.4, 0.5) is 0 Å². The minimum atomic E-state index is -3.06. The van der Waals surface area contributed by atoms with E-state index in [-0.39, 0.29) is 0 Å². The van der Waals surface area contributed by atoms with Gasteiger partial charge in [-0.15, -0.1) is 0 Å². The number of sulfonamides is 1. The van der Waals surface area contributed by atoms with Crippen molar-refractivity contribution in [3.05, 3.63) is 18.0 Å². The molecule has 118 valence electrons. The summed E-state index contributed by atoms with van der Waals surface area (Å²) in [5.41, 5.74) is 1.21. The molecule has 0 amide bonds. The molecule has 1 aliphatic carbocycles. The van der Waals surface area contributed by atoms with Crippen molar-refractivity contribution in [2.75, 3.05) is 19.3 Å². The first-order valence-electron chi connectivity index (χ1n) is 7.70. The Labute approximate surface area is 126 Å². The molecule has 3 rings (SSSR count). The van der Waals surface area contributed by atoms with E-state index >= 15 is 0 Å². The van der Waals surface area contributed by atoms with Crippen LogP contribution >= 0.6 is 0 Å². The smallest absolute Gasteiger partial charge is 0.211 e. The van der Waals surface area contributed by atoms with Gasteiger partial charge in [-0.25, -0.2) is 12.7 Å². The van der Waals surface area contributed by atoms with Crippen molar-refractivity contribution >= 4 is 10.0 Å². The number of hydrogen-bond acceptors (Lipinski definition) is 4. The maximum absolute atomic E-state index is 11.6. The van der Waals surface area contributed by atoms with Gasteiger partial charge in [-0.1, -0.05) is 0 Å². The maximum atomic E-state index is 11.6. The highest BCUT2D eigenvalue weighted by Gasteiger charge is 2.26. The highest BCUT2D eigenvalue weighted by atomic mass is 32.2. The van der Waals surface area contributed by atoms with Crippen molar-refractivity contribution < 1.29 is 8.42 Å². The van der Waals surface area contributed by atoms with Gasteiger partial charge in [0, 0.05) is 44.0 Å². The van der Waals surface area contributed by atoms with Crippen LogP contribution in [-0.2, 0) is 23.1 Å². The molecule has 0 spiro atoms. The molecule has 1 atom stereocenters. The fourth-order valence-corrected chi connectivity index (χ4v) is 3.83. The third-order valence-corrected chi connectivity index (χ3v) is 5.52. The largest absolute Gasteiger partial charge is 0.310 e. The monoisotopic (exact) mass is 312 g/mol. The number of aromatic nitrogens is 2. The van der Waals surface area contributed by atoms with E-state index in [0.29, 0.717) is 25.0 Å². The molecular weight excluding hydrogens is 288 g/mol. The zero-order chi connectivity index (χ0) is 14.9. The number of rotatable bonds is 6. The molecule has 0 radical (unpaired) electrons. The first kappa shape index (κ1) is 15.0. The van der Waals surface area contributed by atoms with Crippen molar-refractivity contribution in [3.63, 3.8) is 0 Å². The van der Waals surface area contributed by atoms with Gasteiger partial charge in [-0.05, 0) is 31.6 Å². The third kappa shape index (κ3) is 4.28. The lowest BCUT2D eigenvalue weighted by Gasteiger charge is -2.30. The molecule has 1 saturated heterocycles. The predicted molar refractivity (Wildman–Crippen MR) is 81.2 cm³/mol. The molecule has 1 aromatic rings. The van der Waals surface area contributed by atoms with Crippen molar-refractivity contribution in [1.82, 2.24) is 19.4 Å². The Morgan fingerprint density at radius 2 is 2.19 bits per heavy atom. The zero-order valence-corrected chi connectivity index (χ0v) is 13.3. The Kier molecular flexibility index (Phi) is 4.33. The Bertz CT molecular complexity index is 580. The van der Waals surface area contributed by atoms with Crippen LogP contribution in [0.3, 0.4) is 0 Å². The molecular formula is C14H24N4O2S. The Morgan fingerprint density at radius 3 is 2.90 bits per heavy atom. The summed E-state index contributed by atoms with van der Waals surface area (Å²) >= 11 is 0. The van der Waals surface area contributed by atoms with E-state index in [2.05, 4.69) is 16.6 Å². The van der Waals surface area contributed by atoms with Crippen LogP contribution in [0.1, 0.15) is 31.2 Å². The second-order valence-electron chi connectivity index (χ2n) is 6.36. The average Bonchev–Trinajstić information content (AvgIpc) is 3.16. The molecule has 1 unspecified atom stereocenters. The quantitative estimate of drug-likeness (QED) is 0.844.